The Balaban J connectivity index is 1.83. The first-order valence-electron chi connectivity index (χ1n) is 5.37. The molecule has 1 unspecified atom stereocenters. The summed E-state index contributed by atoms with van der Waals surface area (Å²) >= 11 is -1.91. The molecule has 1 amide bonds. The van der Waals surface area contributed by atoms with Crippen LogP contribution in [0.2, 0.25) is 0 Å². The van der Waals surface area contributed by atoms with Gasteiger partial charge in [0.2, 0.25) is 0 Å². The highest BCUT2D eigenvalue weighted by molar-refractivity contribution is 7.78. The normalized spacial score (nSPS) is 23.2. The molecular weight excluding hydrogens is 258 g/mol. The summed E-state index contributed by atoms with van der Waals surface area (Å²) < 4.78 is 22.2. The molecule has 7 heteroatoms. The lowest BCUT2D eigenvalue weighted by atomic mass is 10.2. The fraction of sp³-hybridized carbons (Fsp3) is 0.364. The van der Waals surface area contributed by atoms with Gasteiger partial charge in [-0.3, -0.25) is 4.18 Å². The number of hydrogen-bond donors (Lipinski definition) is 1. The van der Waals surface area contributed by atoms with Crippen molar-refractivity contribution in [3.8, 4) is 0 Å². The summed E-state index contributed by atoms with van der Waals surface area (Å²) in [5, 5.41) is 8.87. The van der Waals surface area contributed by atoms with Crippen LogP contribution in [-0.4, -0.2) is 39.0 Å². The molecule has 0 radical (unpaired) electrons. The second-order valence-electron chi connectivity index (χ2n) is 3.76. The molecule has 2 atom stereocenters. The summed E-state index contributed by atoms with van der Waals surface area (Å²) in [6.07, 6.45) is -1.26. The first-order valence-corrected chi connectivity index (χ1v) is 6.40. The number of amides is 1. The van der Waals surface area contributed by atoms with Gasteiger partial charge in [-0.1, -0.05) is 30.3 Å². The molecule has 18 heavy (non-hydrogen) atoms. The molecule has 1 aliphatic rings. The molecule has 0 saturated carbocycles. The van der Waals surface area contributed by atoms with Crippen molar-refractivity contribution in [2.24, 2.45) is 0 Å². The molecular formula is C11H13NO5S. The Labute approximate surface area is 107 Å². The summed E-state index contributed by atoms with van der Waals surface area (Å²) in [6.45, 7) is 0.637. The van der Waals surface area contributed by atoms with Gasteiger partial charge >= 0.3 is 6.09 Å². The lowest BCUT2D eigenvalue weighted by Gasteiger charge is -2.16. The van der Waals surface area contributed by atoms with Crippen LogP contribution in [0.1, 0.15) is 5.56 Å². The average Bonchev–Trinajstić information content (AvgIpc) is 2.72. The number of carboxylic acid groups (broad SMARTS) is 1. The van der Waals surface area contributed by atoms with Gasteiger partial charge in [-0.05, 0) is 5.56 Å². The Bertz CT molecular complexity index is 438. The third kappa shape index (κ3) is 3.06. The largest absolute Gasteiger partial charge is 0.464 e. The standard InChI is InChI=1S/C11H13NO5S/c13-11(14)12-10(8-17-18(12)15)7-16-6-9-4-2-1-3-5-9/h1-5,10H,6-8H2,(H,13,14)/t10-,18?/m0/s1. The number of hydrogen-bond acceptors (Lipinski definition) is 4. The second-order valence-corrected chi connectivity index (χ2v) is 4.83. The summed E-state index contributed by atoms with van der Waals surface area (Å²) in [5.74, 6) is 0. The predicted octanol–water partition coefficient (Wildman–Crippen LogP) is 1.16. The Morgan fingerprint density at radius 1 is 1.50 bits per heavy atom. The monoisotopic (exact) mass is 271 g/mol. The Kier molecular flexibility index (Phi) is 4.29. The highest BCUT2D eigenvalue weighted by Crippen LogP contribution is 2.16. The topological polar surface area (TPSA) is 76.1 Å². The van der Waals surface area contributed by atoms with Gasteiger partial charge in [0.15, 0.2) is 0 Å². The molecule has 1 aliphatic heterocycles. The maximum atomic E-state index is 11.2. The summed E-state index contributed by atoms with van der Waals surface area (Å²) in [4.78, 5) is 10.9. The van der Waals surface area contributed by atoms with Crippen LogP contribution in [0, 0.1) is 0 Å². The highest BCUT2D eigenvalue weighted by Gasteiger charge is 2.36. The van der Waals surface area contributed by atoms with Gasteiger partial charge in [-0.2, -0.15) is 4.31 Å². The van der Waals surface area contributed by atoms with E-state index in [4.69, 9.17) is 14.0 Å². The van der Waals surface area contributed by atoms with Crippen molar-refractivity contribution in [3.63, 3.8) is 0 Å². The molecule has 1 N–H and O–H groups in total. The summed E-state index contributed by atoms with van der Waals surface area (Å²) in [5.41, 5.74) is 0.999. The van der Waals surface area contributed by atoms with E-state index in [1.54, 1.807) is 0 Å². The third-order valence-corrected chi connectivity index (χ3v) is 3.58. The van der Waals surface area contributed by atoms with Gasteiger partial charge in [0.05, 0.1) is 25.9 Å². The molecule has 6 nitrogen and oxygen atoms in total. The molecule has 1 fully saturated rings. The molecule has 1 heterocycles. The minimum absolute atomic E-state index is 0.0910. The number of rotatable bonds is 4. The van der Waals surface area contributed by atoms with E-state index >= 15 is 0 Å². The number of carbonyl (C=O) groups is 1. The molecule has 2 rings (SSSR count). The van der Waals surface area contributed by atoms with Gasteiger partial charge in [0, 0.05) is 0 Å². The van der Waals surface area contributed by atoms with E-state index < -0.39 is 23.4 Å². The SMILES string of the molecule is O=C(O)N1[C@@H](COCc2ccccc2)COS1=O. The molecule has 0 spiro atoms. The molecule has 0 aromatic heterocycles. The number of nitrogens with zero attached hydrogens (tertiary/aromatic N) is 1. The van der Waals surface area contributed by atoms with Crippen molar-refractivity contribution in [2.45, 2.75) is 12.6 Å². The predicted molar refractivity (Wildman–Crippen MR) is 63.8 cm³/mol. The van der Waals surface area contributed by atoms with Crippen molar-refractivity contribution in [3.05, 3.63) is 35.9 Å². The summed E-state index contributed by atoms with van der Waals surface area (Å²) in [6, 6.07) is 9.01. The molecule has 1 aromatic rings. The fourth-order valence-corrected chi connectivity index (χ4v) is 2.49. The van der Waals surface area contributed by atoms with E-state index in [1.165, 1.54) is 0 Å². The van der Waals surface area contributed by atoms with E-state index in [9.17, 15) is 9.00 Å². The quantitative estimate of drug-likeness (QED) is 0.889. The Morgan fingerprint density at radius 2 is 2.22 bits per heavy atom. The molecule has 1 saturated heterocycles. The van der Waals surface area contributed by atoms with E-state index in [0.29, 0.717) is 6.61 Å². The number of ether oxygens (including phenoxy) is 1. The molecule has 1 aromatic carbocycles. The maximum absolute atomic E-state index is 11.2. The van der Waals surface area contributed by atoms with Crippen LogP contribution in [0.15, 0.2) is 30.3 Å². The van der Waals surface area contributed by atoms with E-state index in [1.807, 2.05) is 30.3 Å². The average molecular weight is 271 g/mol. The molecule has 98 valence electrons. The maximum Gasteiger partial charge on any atom is 0.421 e. The first kappa shape index (κ1) is 13.0. The Hall–Kier alpha value is -1.44. The van der Waals surface area contributed by atoms with Crippen LogP contribution >= 0.6 is 0 Å². The van der Waals surface area contributed by atoms with E-state index in [0.717, 1.165) is 9.87 Å². The van der Waals surface area contributed by atoms with Crippen LogP contribution < -0.4 is 0 Å². The van der Waals surface area contributed by atoms with Crippen molar-refractivity contribution >= 4 is 17.4 Å². The van der Waals surface area contributed by atoms with E-state index in [-0.39, 0.29) is 13.2 Å². The Morgan fingerprint density at radius 3 is 2.89 bits per heavy atom. The minimum Gasteiger partial charge on any atom is -0.464 e. The van der Waals surface area contributed by atoms with Crippen molar-refractivity contribution in [1.29, 1.82) is 0 Å². The van der Waals surface area contributed by atoms with Crippen LogP contribution in [0.4, 0.5) is 4.79 Å². The fourth-order valence-electron chi connectivity index (χ4n) is 1.61. The van der Waals surface area contributed by atoms with Crippen molar-refractivity contribution in [2.75, 3.05) is 13.2 Å². The highest BCUT2D eigenvalue weighted by atomic mass is 32.2. The molecule has 0 bridgehead atoms. The zero-order valence-corrected chi connectivity index (χ0v) is 10.3. The molecule has 0 aliphatic carbocycles. The van der Waals surface area contributed by atoms with Crippen molar-refractivity contribution < 1.29 is 23.0 Å². The number of benzene rings is 1. The van der Waals surface area contributed by atoms with Crippen LogP contribution in [0.25, 0.3) is 0 Å². The van der Waals surface area contributed by atoms with Crippen LogP contribution in [0.5, 0.6) is 0 Å². The summed E-state index contributed by atoms with van der Waals surface area (Å²) in [7, 11) is 0. The minimum atomic E-state index is -1.91. The van der Waals surface area contributed by atoms with Crippen LogP contribution in [0.3, 0.4) is 0 Å². The first-order chi connectivity index (χ1) is 8.68. The lowest BCUT2D eigenvalue weighted by molar-refractivity contribution is 0.0752. The van der Waals surface area contributed by atoms with Crippen LogP contribution in [-0.2, 0) is 26.8 Å². The van der Waals surface area contributed by atoms with Gasteiger partial charge in [-0.15, -0.1) is 0 Å². The zero-order chi connectivity index (χ0) is 13.0. The lowest BCUT2D eigenvalue weighted by Crippen LogP contribution is -2.38. The second kappa shape index (κ2) is 5.94. The smallest absolute Gasteiger partial charge is 0.421 e. The van der Waals surface area contributed by atoms with Gasteiger partial charge < -0.3 is 9.84 Å². The van der Waals surface area contributed by atoms with Gasteiger partial charge in [0.25, 0.3) is 11.3 Å². The zero-order valence-electron chi connectivity index (χ0n) is 9.52. The van der Waals surface area contributed by atoms with Crippen molar-refractivity contribution in [1.82, 2.24) is 4.31 Å². The van der Waals surface area contributed by atoms with E-state index in [2.05, 4.69) is 0 Å². The third-order valence-electron chi connectivity index (χ3n) is 2.46. The van der Waals surface area contributed by atoms with Gasteiger partial charge in [-0.25, -0.2) is 9.00 Å². The van der Waals surface area contributed by atoms with Gasteiger partial charge in [0.1, 0.15) is 0 Å².